The second kappa shape index (κ2) is 6.44. The SMILES string of the molecule is O=c1[nH]cc(-c2cnc(NCCc3ccccc3Cl)nc2)[nH]1. The van der Waals surface area contributed by atoms with E-state index in [1.807, 2.05) is 24.3 Å². The molecule has 0 atom stereocenters. The number of hydrogen-bond donors (Lipinski definition) is 3. The molecule has 22 heavy (non-hydrogen) atoms. The van der Waals surface area contributed by atoms with Gasteiger partial charge < -0.3 is 15.3 Å². The Bertz CT molecular complexity index is 809. The van der Waals surface area contributed by atoms with Crippen LogP contribution in [-0.2, 0) is 6.42 Å². The molecule has 0 bridgehead atoms. The zero-order valence-corrected chi connectivity index (χ0v) is 12.4. The zero-order valence-electron chi connectivity index (χ0n) is 11.6. The normalized spacial score (nSPS) is 10.6. The van der Waals surface area contributed by atoms with Gasteiger partial charge in [0.05, 0.1) is 5.69 Å². The van der Waals surface area contributed by atoms with E-state index in [-0.39, 0.29) is 5.69 Å². The minimum Gasteiger partial charge on any atom is -0.354 e. The smallest absolute Gasteiger partial charge is 0.323 e. The molecule has 0 radical (unpaired) electrons. The van der Waals surface area contributed by atoms with Crippen molar-refractivity contribution in [2.45, 2.75) is 6.42 Å². The Kier molecular flexibility index (Phi) is 4.20. The Balaban J connectivity index is 1.60. The van der Waals surface area contributed by atoms with Gasteiger partial charge in [0, 0.05) is 35.7 Å². The van der Waals surface area contributed by atoms with Crippen molar-refractivity contribution in [3.8, 4) is 11.3 Å². The van der Waals surface area contributed by atoms with Gasteiger partial charge in [-0.15, -0.1) is 0 Å². The zero-order chi connectivity index (χ0) is 15.4. The first-order chi connectivity index (χ1) is 10.7. The highest BCUT2D eigenvalue weighted by molar-refractivity contribution is 6.31. The van der Waals surface area contributed by atoms with Crippen LogP contribution in [-0.4, -0.2) is 26.5 Å². The molecule has 6 nitrogen and oxygen atoms in total. The number of H-pyrrole nitrogens is 2. The van der Waals surface area contributed by atoms with Gasteiger partial charge in [0.25, 0.3) is 0 Å². The number of halogens is 1. The van der Waals surface area contributed by atoms with Crippen LogP contribution in [0, 0.1) is 0 Å². The first-order valence-corrected chi connectivity index (χ1v) is 7.17. The maximum atomic E-state index is 11.1. The van der Waals surface area contributed by atoms with Gasteiger partial charge in [-0.1, -0.05) is 29.8 Å². The third kappa shape index (κ3) is 3.35. The monoisotopic (exact) mass is 315 g/mol. The fourth-order valence-corrected chi connectivity index (χ4v) is 2.29. The largest absolute Gasteiger partial charge is 0.354 e. The highest BCUT2D eigenvalue weighted by Crippen LogP contribution is 2.16. The number of aromatic nitrogens is 4. The van der Waals surface area contributed by atoms with Gasteiger partial charge in [-0.3, -0.25) is 0 Å². The van der Waals surface area contributed by atoms with E-state index < -0.39 is 0 Å². The number of nitrogens with zero attached hydrogens (tertiary/aromatic N) is 2. The molecule has 3 rings (SSSR count). The molecular formula is C15H14ClN5O. The van der Waals surface area contributed by atoms with E-state index in [4.69, 9.17) is 11.6 Å². The molecule has 0 fully saturated rings. The lowest BCUT2D eigenvalue weighted by Gasteiger charge is -2.06. The molecule has 112 valence electrons. The second-order valence-corrected chi connectivity index (χ2v) is 5.13. The Labute approximate surface area is 131 Å². The lowest BCUT2D eigenvalue weighted by Crippen LogP contribution is -2.08. The Morgan fingerprint density at radius 1 is 1.18 bits per heavy atom. The van der Waals surface area contributed by atoms with Crippen molar-refractivity contribution in [1.29, 1.82) is 0 Å². The van der Waals surface area contributed by atoms with Crippen LogP contribution in [0.4, 0.5) is 5.95 Å². The molecule has 0 aliphatic rings. The molecule has 0 saturated carbocycles. The Morgan fingerprint density at radius 2 is 1.95 bits per heavy atom. The highest BCUT2D eigenvalue weighted by atomic mass is 35.5. The van der Waals surface area contributed by atoms with Gasteiger partial charge >= 0.3 is 5.69 Å². The van der Waals surface area contributed by atoms with Gasteiger partial charge in [-0.05, 0) is 18.1 Å². The molecule has 2 heterocycles. The van der Waals surface area contributed by atoms with Crippen LogP contribution in [0.5, 0.6) is 0 Å². The van der Waals surface area contributed by atoms with Crippen LogP contribution in [0.2, 0.25) is 5.02 Å². The van der Waals surface area contributed by atoms with Crippen molar-refractivity contribution in [3.05, 3.63) is 63.9 Å². The van der Waals surface area contributed by atoms with Crippen molar-refractivity contribution >= 4 is 17.5 Å². The van der Waals surface area contributed by atoms with Crippen molar-refractivity contribution in [2.24, 2.45) is 0 Å². The number of imidazole rings is 1. The van der Waals surface area contributed by atoms with Gasteiger partial charge in [0.1, 0.15) is 0 Å². The van der Waals surface area contributed by atoms with Crippen LogP contribution in [0.15, 0.2) is 47.7 Å². The molecule has 0 amide bonds. The Hall–Kier alpha value is -2.60. The van der Waals surface area contributed by atoms with E-state index in [9.17, 15) is 4.79 Å². The van der Waals surface area contributed by atoms with Gasteiger partial charge in [0.15, 0.2) is 0 Å². The van der Waals surface area contributed by atoms with Gasteiger partial charge in [-0.2, -0.15) is 0 Å². The molecule has 2 aromatic heterocycles. The van der Waals surface area contributed by atoms with Crippen molar-refractivity contribution in [3.63, 3.8) is 0 Å². The molecule has 0 spiro atoms. The average molecular weight is 316 g/mol. The van der Waals surface area contributed by atoms with Crippen LogP contribution in [0.1, 0.15) is 5.56 Å². The summed E-state index contributed by atoms with van der Waals surface area (Å²) < 4.78 is 0. The van der Waals surface area contributed by atoms with Crippen molar-refractivity contribution in [1.82, 2.24) is 19.9 Å². The summed E-state index contributed by atoms with van der Waals surface area (Å²) in [6.07, 6.45) is 5.69. The summed E-state index contributed by atoms with van der Waals surface area (Å²) in [5.41, 5.74) is 2.23. The fraction of sp³-hybridized carbons (Fsp3) is 0.133. The standard InChI is InChI=1S/C15H14ClN5O/c16-12-4-2-1-3-10(12)5-6-17-14-18-7-11(8-19-14)13-9-20-15(22)21-13/h1-4,7-9H,5-6H2,(H,17,18,19)(H2,20,21,22). The summed E-state index contributed by atoms with van der Waals surface area (Å²) in [6, 6.07) is 7.74. The van der Waals surface area contributed by atoms with E-state index in [0.717, 1.165) is 22.6 Å². The first-order valence-electron chi connectivity index (χ1n) is 6.80. The van der Waals surface area contributed by atoms with E-state index in [1.165, 1.54) is 0 Å². The predicted molar refractivity (Wildman–Crippen MR) is 86.1 cm³/mol. The third-order valence-corrected chi connectivity index (χ3v) is 3.56. The summed E-state index contributed by atoms with van der Waals surface area (Å²) >= 11 is 6.11. The molecular weight excluding hydrogens is 302 g/mol. The van der Waals surface area contributed by atoms with E-state index in [0.29, 0.717) is 18.2 Å². The summed E-state index contributed by atoms with van der Waals surface area (Å²) in [4.78, 5) is 24.7. The summed E-state index contributed by atoms with van der Waals surface area (Å²) in [7, 11) is 0. The highest BCUT2D eigenvalue weighted by Gasteiger charge is 2.03. The van der Waals surface area contributed by atoms with Crippen LogP contribution in [0.3, 0.4) is 0 Å². The molecule has 7 heteroatoms. The van der Waals surface area contributed by atoms with Crippen LogP contribution in [0.25, 0.3) is 11.3 Å². The molecule has 0 saturated heterocycles. The third-order valence-electron chi connectivity index (χ3n) is 3.19. The van der Waals surface area contributed by atoms with Crippen LogP contribution >= 0.6 is 11.6 Å². The minimum atomic E-state index is -0.253. The summed E-state index contributed by atoms with van der Waals surface area (Å²) in [5.74, 6) is 0.536. The number of aromatic amines is 2. The number of hydrogen-bond acceptors (Lipinski definition) is 4. The maximum Gasteiger partial charge on any atom is 0.323 e. The quantitative estimate of drug-likeness (QED) is 0.675. The number of benzene rings is 1. The molecule has 0 unspecified atom stereocenters. The second-order valence-electron chi connectivity index (χ2n) is 4.72. The number of nitrogens with one attached hydrogen (secondary N) is 3. The van der Waals surface area contributed by atoms with Crippen molar-refractivity contribution in [2.75, 3.05) is 11.9 Å². The molecule has 0 aliphatic heterocycles. The van der Waals surface area contributed by atoms with Gasteiger partial charge in [0.2, 0.25) is 5.95 Å². The van der Waals surface area contributed by atoms with E-state index in [2.05, 4.69) is 25.3 Å². The molecule has 1 aromatic carbocycles. The predicted octanol–water partition coefficient (Wildman–Crippen LogP) is 2.47. The van der Waals surface area contributed by atoms with Crippen LogP contribution < -0.4 is 11.0 Å². The first kappa shape index (κ1) is 14.3. The minimum absolute atomic E-state index is 0.253. The number of rotatable bonds is 5. The number of anilines is 1. The van der Waals surface area contributed by atoms with E-state index >= 15 is 0 Å². The topological polar surface area (TPSA) is 86.5 Å². The van der Waals surface area contributed by atoms with E-state index in [1.54, 1.807) is 18.6 Å². The Morgan fingerprint density at radius 3 is 2.64 bits per heavy atom. The average Bonchev–Trinajstić information content (AvgIpc) is 2.96. The molecule has 3 aromatic rings. The molecule has 3 N–H and O–H groups in total. The lowest BCUT2D eigenvalue weighted by molar-refractivity contribution is 0.984. The molecule has 0 aliphatic carbocycles. The van der Waals surface area contributed by atoms with Crippen molar-refractivity contribution < 1.29 is 0 Å². The lowest BCUT2D eigenvalue weighted by atomic mass is 10.1. The summed E-state index contributed by atoms with van der Waals surface area (Å²) in [5, 5.41) is 3.90. The summed E-state index contributed by atoms with van der Waals surface area (Å²) in [6.45, 7) is 0.685. The van der Waals surface area contributed by atoms with Gasteiger partial charge in [-0.25, -0.2) is 14.8 Å². The maximum absolute atomic E-state index is 11.1. The fourth-order valence-electron chi connectivity index (χ4n) is 2.06.